The molecule has 0 spiro atoms. The molecule has 0 saturated heterocycles. The highest BCUT2D eigenvalue weighted by atomic mass is 32.2. The van der Waals surface area contributed by atoms with E-state index in [1.165, 1.54) is 6.20 Å². The summed E-state index contributed by atoms with van der Waals surface area (Å²) in [5.41, 5.74) is 0.289. The summed E-state index contributed by atoms with van der Waals surface area (Å²) in [5, 5.41) is 9.00. The molecule has 0 bridgehead atoms. The fourth-order valence-corrected chi connectivity index (χ4v) is 2.51. The Labute approximate surface area is 106 Å². The Morgan fingerprint density at radius 2 is 2.18 bits per heavy atom. The summed E-state index contributed by atoms with van der Waals surface area (Å²) in [6.45, 7) is 7.28. The molecule has 17 heavy (non-hydrogen) atoms. The van der Waals surface area contributed by atoms with Crippen LogP contribution in [0.2, 0.25) is 0 Å². The van der Waals surface area contributed by atoms with Crippen molar-refractivity contribution in [3.05, 3.63) is 24.0 Å². The van der Waals surface area contributed by atoms with E-state index in [2.05, 4.69) is 23.7 Å². The lowest BCUT2D eigenvalue weighted by atomic mass is 10.3. The van der Waals surface area contributed by atoms with Crippen LogP contribution in [-0.2, 0) is 0 Å². The van der Waals surface area contributed by atoms with E-state index in [0.29, 0.717) is 0 Å². The normalized spacial score (nSPS) is 10.8. The van der Waals surface area contributed by atoms with Crippen molar-refractivity contribution in [1.29, 1.82) is 0 Å². The molecular formula is C12H18N2O2S. The molecule has 0 radical (unpaired) electrons. The molecule has 0 amide bonds. The van der Waals surface area contributed by atoms with Crippen molar-refractivity contribution in [2.24, 2.45) is 0 Å². The monoisotopic (exact) mass is 254 g/mol. The van der Waals surface area contributed by atoms with Gasteiger partial charge in [0.1, 0.15) is 0 Å². The number of carboxylic acids is 1. The van der Waals surface area contributed by atoms with E-state index in [9.17, 15) is 4.79 Å². The Kier molecular flexibility index (Phi) is 6.00. The van der Waals surface area contributed by atoms with Crippen LogP contribution in [0.1, 0.15) is 24.2 Å². The number of carboxylic acid groups (broad SMARTS) is 1. The van der Waals surface area contributed by atoms with Gasteiger partial charge in [-0.15, -0.1) is 11.8 Å². The highest BCUT2D eigenvalue weighted by molar-refractivity contribution is 7.99. The largest absolute Gasteiger partial charge is 0.478 e. The molecule has 0 saturated carbocycles. The van der Waals surface area contributed by atoms with Crippen LogP contribution in [0.3, 0.4) is 0 Å². The SMILES string of the molecule is CCN(CC)CCSc1ccncc1C(=O)O. The molecule has 0 unspecified atom stereocenters. The van der Waals surface area contributed by atoms with Gasteiger partial charge in [0, 0.05) is 29.6 Å². The molecule has 1 aromatic heterocycles. The third-order valence-electron chi connectivity index (χ3n) is 2.57. The van der Waals surface area contributed by atoms with Crippen LogP contribution in [-0.4, -0.2) is 46.3 Å². The van der Waals surface area contributed by atoms with Crippen molar-refractivity contribution in [2.45, 2.75) is 18.7 Å². The average molecular weight is 254 g/mol. The number of hydrogen-bond donors (Lipinski definition) is 1. The van der Waals surface area contributed by atoms with Crippen LogP contribution in [0, 0.1) is 0 Å². The van der Waals surface area contributed by atoms with Crippen molar-refractivity contribution in [3.63, 3.8) is 0 Å². The van der Waals surface area contributed by atoms with Crippen LogP contribution in [0.5, 0.6) is 0 Å². The van der Waals surface area contributed by atoms with Gasteiger partial charge in [0.15, 0.2) is 0 Å². The number of carbonyl (C=O) groups is 1. The second-order valence-corrected chi connectivity index (χ2v) is 4.69. The molecule has 0 atom stereocenters. The molecule has 0 aliphatic rings. The van der Waals surface area contributed by atoms with E-state index in [4.69, 9.17) is 5.11 Å². The zero-order valence-corrected chi connectivity index (χ0v) is 11.0. The molecule has 94 valence electrons. The predicted molar refractivity (Wildman–Crippen MR) is 69.7 cm³/mol. The second-order valence-electron chi connectivity index (χ2n) is 3.55. The number of aromatic carboxylic acids is 1. The quantitative estimate of drug-likeness (QED) is 0.756. The number of rotatable bonds is 7. The average Bonchev–Trinajstić information content (AvgIpc) is 2.35. The summed E-state index contributed by atoms with van der Waals surface area (Å²) in [5.74, 6) is -0.0187. The van der Waals surface area contributed by atoms with Gasteiger partial charge in [-0.3, -0.25) is 4.98 Å². The fraction of sp³-hybridized carbons (Fsp3) is 0.500. The van der Waals surface area contributed by atoms with Gasteiger partial charge in [-0.1, -0.05) is 13.8 Å². The van der Waals surface area contributed by atoms with Crippen molar-refractivity contribution >= 4 is 17.7 Å². The molecular weight excluding hydrogens is 236 g/mol. The summed E-state index contributed by atoms with van der Waals surface area (Å²) < 4.78 is 0. The Hall–Kier alpha value is -1.07. The zero-order chi connectivity index (χ0) is 12.7. The van der Waals surface area contributed by atoms with E-state index >= 15 is 0 Å². The Bertz CT molecular complexity index is 367. The first-order chi connectivity index (χ1) is 8.19. The topological polar surface area (TPSA) is 53.4 Å². The minimum atomic E-state index is -0.913. The summed E-state index contributed by atoms with van der Waals surface area (Å²) in [7, 11) is 0. The molecule has 0 fully saturated rings. The van der Waals surface area contributed by atoms with Crippen LogP contribution < -0.4 is 0 Å². The molecule has 4 nitrogen and oxygen atoms in total. The second kappa shape index (κ2) is 7.29. The third-order valence-corrected chi connectivity index (χ3v) is 3.62. The minimum Gasteiger partial charge on any atom is -0.478 e. The van der Waals surface area contributed by atoms with E-state index in [0.717, 1.165) is 30.3 Å². The number of nitrogens with zero attached hydrogens (tertiary/aromatic N) is 2. The summed E-state index contributed by atoms with van der Waals surface area (Å²) >= 11 is 1.57. The van der Waals surface area contributed by atoms with Gasteiger partial charge in [0.05, 0.1) is 5.56 Å². The van der Waals surface area contributed by atoms with Gasteiger partial charge < -0.3 is 10.0 Å². The van der Waals surface area contributed by atoms with Gasteiger partial charge in [0.2, 0.25) is 0 Å². The van der Waals surface area contributed by atoms with E-state index in [-0.39, 0.29) is 5.56 Å². The highest BCUT2D eigenvalue weighted by Gasteiger charge is 2.10. The standard InChI is InChI=1S/C12H18N2O2S/c1-3-14(4-2)7-8-17-11-5-6-13-9-10(11)12(15)16/h5-6,9H,3-4,7-8H2,1-2H3,(H,15,16). The summed E-state index contributed by atoms with van der Waals surface area (Å²) in [6.07, 6.45) is 3.04. The molecule has 1 heterocycles. The van der Waals surface area contributed by atoms with Gasteiger partial charge >= 0.3 is 5.97 Å². The van der Waals surface area contributed by atoms with Crippen molar-refractivity contribution in [2.75, 3.05) is 25.4 Å². The van der Waals surface area contributed by atoms with E-state index in [1.807, 2.05) is 0 Å². The Morgan fingerprint density at radius 3 is 2.76 bits per heavy atom. The van der Waals surface area contributed by atoms with Crippen LogP contribution in [0.25, 0.3) is 0 Å². The molecule has 1 rings (SSSR count). The maximum absolute atomic E-state index is 11.0. The number of aromatic nitrogens is 1. The first-order valence-electron chi connectivity index (χ1n) is 5.71. The highest BCUT2D eigenvalue weighted by Crippen LogP contribution is 2.21. The number of hydrogen-bond acceptors (Lipinski definition) is 4. The van der Waals surface area contributed by atoms with Gasteiger partial charge in [-0.2, -0.15) is 0 Å². The third kappa shape index (κ3) is 4.36. The Morgan fingerprint density at radius 1 is 1.47 bits per heavy atom. The zero-order valence-electron chi connectivity index (χ0n) is 10.2. The molecule has 5 heteroatoms. The van der Waals surface area contributed by atoms with E-state index < -0.39 is 5.97 Å². The lowest BCUT2D eigenvalue weighted by molar-refractivity contribution is 0.0692. The number of pyridine rings is 1. The summed E-state index contributed by atoms with van der Waals surface area (Å²) in [4.78, 5) is 17.9. The lowest BCUT2D eigenvalue weighted by Crippen LogP contribution is -2.25. The molecule has 0 aliphatic carbocycles. The minimum absolute atomic E-state index is 0.289. The first kappa shape index (κ1) is 14.0. The maximum Gasteiger partial charge on any atom is 0.338 e. The first-order valence-corrected chi connectivity index (χ1v) is 6.70. The van der Waals surface area contributed by atoms with Crippen LogP contribution in [0.4, 0.5) is 0 Å². The molecule has 0 aromatic carbocycles. The summed E-state index contributed by atoms with van der Waals surface area (Å²) in [6, 6.07) is 1.76. The Balaban J connectivity index is 2.54. The fourth-order valence-electron chi connectivity index (χ4n) is 1.49. The molecule has 1 N–H and O–H groups in total. The predicted octanol–water partition coefficient (Wildman–Crippen LogP) is 2.21. The van der Waals surface area contributed by atoms with E-state index in [1.54, 1.807) is 24.0 Å². The lowest BCUT2D eigenvalue weighted by Gasteiger charge is -2.17. The molecule has 0 aliphatic heterocycles. The maximum atomic E-state index is 11.0. The van der Waals surface area contributed by atoms with Crippen LogP contribution >= 0.6 is 11.8 Å². The number of thioether (sulfide) groups is 1. The van der Waals surface area contributed by atoms with Crippen molar-refractivity contribution in [3.8, 4) is 0 Å². The van der Waals surface area contributed by atoms with Crippen LogP contribution in [0.15, 0.2) is 23.4 Å². The van der Waals surface area contributed by atoms with Gasteiger partial charge in [-0.25, -0.2) is 4.79 Å². The van der Waals surface area contributed by atoms with Crippen molar-refractivity contribution in [1.82, 2.24) is 9.88 Å². The van der Waals surface area contributed by atoms with Gasteiger partial charge in [-0.05, 0) is 19.2 Å². The van der Waals surface area contributed by atoms with Gasteiger partial charge in [0.25, 0.3) is 0 Å². The smallest absolute Gasteiger partial charge is 0.338 e. The molecule has 1 aromatic rings. The van der Waals surface area contributed by atoms with Crippen molar-refractivity contribution < 1.29 is 9.90 Å².